The van der Waals surface area contributed by atoms with Gasteiger partial charge in [0.2, 0.25) is 0 Å². The van der Waals surface area contributed by atoms with E-state index >= 15 is 0 Å². The summed E-state index contributed by atoms with van der Waals surface area (Å²) in [5, 5.41) is 14.5. The first-order valence-corrected chi connectivity index (χ1v) is 7.08. The molecule has 7 nitrogen and oxygen atoms in total. The van der Waals surface area contributed by atoms with Crippen molar-refractivity contribution in [3.8, 4) is 0 Å². The Labute approximate surface area is 119 Å². The van der Waals surface area contributed by atoms with Crippen LogP contribution in [-0.4, -0.2) is 26.5 Å². The minimum Gasteiger partial charge on any atom is -0.382 e. The number of carbonyl (C=O) groups excluding carboxylic acids is 1. The van der Waals surface area contributed by atoms with Gasteiger partial charge in [-0.3, -0.25) is 4.79 Å². The Morgan fingerprint density at radius 3 is 3.05 bits per heavy atom. The third kappa shape index (κ3) is 2.85. The number of nitrogen functional groups attached to an aromatic ring is 1. The number of anilines is 2. The molecule has 0 radical (unpaired) electrons. The summed E-state index contributed by atoms with van der Waals surface area (Å²) in [4.78, 5) is 12.1. The van der Waals surface area contributed by atoms with Crippen LogP contribution < -0.4 is 16.4 Å². The number of hydrogen-bond donors (Lipinski definition) is 3. The van der Waals surface area contributed by atoms with Crippen LogP contribution in [0.1, 0.15) is 28.9 Å². The van der Waals surface area contributed by atoms with Gasteiger partial charge in [0.05, 0.1) is 12.2 Å². The molecular weight excluding hydrogens is 276 g/mol. The van der Waals surface area contributed by atoms with Gasteiger partial charge in [0, 0.05) is 12.2 Å². The highest BCUT2D eigenvalue weighted by Gasteiger charge is 2.27. The molecule has 0 aromatic carbocycles. The first kappa shape index (κ1) is 12.8. The molecule has 1 aliphatic rings. The summed E-state index contributed by atoms with van der Waals surface area (Å²) >= 11 is 1.18. The van der Waals surface area contributed by atoms with E-state index in [9.17, 15) is 4.79 Å². The molecule has 2 aromatic heterocycles. The molecule has 0 spiro atoms. The Kier molecular flexibility index (Phi) is 3.46. The normalized spacial score (nSPS) is 14.0. The third-order valence-electron chi connectivity index (χ3n) is 2.92. The van der Waals surface area contributed by atoms with Gasteiger partial charge in [0.1, 0.15) is 10.6 Å². The molecule has 104 valence electrons. The maximum absolute atomic E-state index is 12.1. The highest BCUT2D eigenvalue weighted by molar-refractivity contribution is 7.11. The van der Waals surface area contributed by atoms with Crippen LogP contribution in [-0.2, 0) is 6.54 Å². The SMILES string of the molecule is Nc1nsc(NCc2cccnn2)c1C(=O)NC1CC1. The Hall–Kier alpha value is -2.22. The number of aromatic nitrogens is 3. The van der Waals surface area contributed by atoms with Crippen molar-refractivity contribution >= 4 is 28.3 Å². The lowest BCUT2D eigenvalue weighted by Crippen LogP contribution is -2.26. The van der Waals surface area contributed by atoms with E-state index in [-0.39, 0.29) is 17.8 Å². The van der Waals surface area contributed by atoms with E-state index in [2.05, 4.69) is 25.2 Å². The average Bonchev–Trinajstić information content (AvgIpc) is 3.19. The van der Waals surface area contributed by atoms with Crippen LogP contribution in [0.15, 0.2) is 18.3 Å². The summed E-state index contributed by atoms with van der Waals surface area (Å²) in [5.74, 6) is 0.0928. The van der Waals surface area contributed by atoms with E-state index in [1.54, 1.807) is 6.20 Å². The average molecular weight is 290 g/mol. The van der Waals surface area contributed by atoms with Crippen molar-refractivity contribution in [2.24, 2.45) is 0 Å². The Morgan fingerprint density at radius 1 is 1.50 bits per heavy atom. The molecule has 0 bridgehead atoms. The molecule has 20 heavy (non-hydrogen) atoms. The minimum absolute atomic E-state index is 0.166. The van der Waals surface area contributed by atoms with Crippen molar-refractivity contribution in [1.29, 1.82) is 0 Å². The fraction of sp³-hybridized carbons (Fsp3) is 0.333. The summed E-state index contributed by atoms with van der Waals surface area (Å²) in [5.41, 5.74) is 6.99. The van der Waals surface area contributed by atoms with Gasteiger partial charge < -0.3 is 16.4 Å². The molecule has 8 heteroatoms. The lowest BCUT2D eigenvalue weighted by atomic mass is 10.3. The second-order valence-corrected chi connectivity index (χ2v) is 5.36. The van der Waals surface area contributed by atoms with E-state index in [0.29, 0.717) is 17.1 Å². The minimum atomic E-state index is -0.166. The summed E-state index contributed by atoms with van der Waals surface area (Å²) in [6.07, 6.45) is 3.68. The molecule has 0 aliphatic heterocycles. The molecule has 2 heterocycles. The molecule has 1 amide bonds. The van der Waals surface area contributed by atoms with Crippen molar-refractivity contribution in [2.75, 3.05) is 11.1 Å². The van der Waals surface area contributed by atoms with Gasteiger partial charge in [-0.25, -0.2) is 0 Å². The van der Waals surface area contributed by atoms with E-state index in [1.807, 2.05) is 12.1 Å². The predicted octanol–water partition coefficient (Wildman–Crippen LogP) is 1.02. The number of carbonyl (C=O) groups is 1. The lowest BCUT2D eigenvalue weighted by molar-refractivity contribution is 0.0953. The monoisotopic (exact) mass is 290 g/mol. The zero-order valence-electron chi connectivity index (χ0n) is 10.7. The van der Waals surface area contributed by atoms with Crippen LogP contribution >= 0.6 is 11.5 Å². The van der Waals surface area contributed by atoms with Gasteiger partial charge in [0.15, 0.2) is 5.82 Å². The van der Waals surface area contributed by atoms with Crippen LogP contribution in [0, 0.1) is 0 Å². The van der Waals surface area contributed by atoms with Crippen LogP contribution in [0.4, 0.5) is 10.8 Å². The molecule has 0 saturated heterocycles. The van der Waals surface area contributed by atoms with Crippen molar-refractivity contribution in [1.82, 2.24) is 19.9 Å². The van der Waals surface area contributed by atoms with Crippen LogP contribution in [0.5, 0.6) is 0 Å². The zero-order valence-corrected chi connectivity index (χ0v) is 11.5. The van der Waals surface area contributed by atoms with Crippen molar-refractivity contribution in [2.45, 2.75) is 25.4 Å². The molecule has 1 saturated carbocycles. The zero-order chi connectivity index (χ0) is 13.9. The van der Waals surface area contributed by atoms with Crippen LogP contribution in [0.25, 0.3) is 0 Å². The van der Waals surface area contributed by atoms with Crippen molar-refractivity contribution in [3.05, 3.63) is 29.6 Å². The Morgan fingerprint density at radius 2 is 2.35 bits per heavy atom. The highest BCUT2D eigenvalue weighted by atomic mass is 32.1. The summed E-state index contributed by atoms with van der Waals surface area (Å²) in [6, 6.07) is 3.95. The number of rotatable bonds is 5. The maximum atomic E-state index is 12.1. The molecule has 3 rings (SSSR count). The molecule has 1 fully saturated rings. The van der Waals surface area contributed by atoms with Gasteiger partial charge in [-0.2, -0.15) is 14.6 Å². The highest BCUT2D eigenvalue weighted by Crippen LogP contribution is 2.28. The first-order chi connectivity index (χ1) is 9.74. The number of nitrogens with two attached hydrogens (primary N) is 1. The number of nitrogens with one attached hydrogen (secondary N) is 2. The lowest BCUT2D eigenvalue weighted by Gasteiger charge is -2.07. The van der Waals surface area contributed by atoms with E-state index in [0.717, 1.165) is 18.5 Å². The number of nitrogens with zero attached hydrogens (tertiary/aromatic N) is 3. The van der Waals surface area contributed by atoms with Crippen molar-refractivity contribution < 1.29 is 4.79 Å². The summed E-state index contributed by atoms with van der Waals surface area (Å²) in [6.45, 7) is 0.471. The van der Waals surface area contributed by atoms with Gasteiger partial charge in [-0.15, -0.1) is 0 Å². The molecule has 2 aromatic rings. The standard InChI is InChI=1S/C12H14N6OS/c13-10-9(11(19)16-7-3-4-7)12(20-18-10)14-6-8-2-1-5-15-17-8/h1-2,5,7,14H,3-4,6H2,(H2,13,18)(H,16,19). The van der Waals surface area contributed by atoms with E-state index in [4.69, 9.17) is 5.73 Å². The smallest absolute Gasteiger partial charge is 0.258 e. The number of amides is 1. The molecule has 1 aliphatic carbocycles. The fourth-order valence-corrected chi connectivity index (χ4v) is 2.43. The second kappa shape index (κ2) is 5.41. The molecule has 0 atom stereocenters. The Bertz CT molecular complexity index is 610. The van der Waals surface area contributed by atoms with E-state index in [1.165, 1.54) is 11.5 Å². The fourth-order valence-electron chi connectivity index (χ4n) is 1.73. The number of hydrogen-bond acceptors (Lipinski definition) is 7. The molecule has 4 N–H and O–H groups in total. The molecular formula is C12H14N6OS. The first-order valence-electron chi connectivity index (χ1n) is 6.30. The predicted molar refractivity (Wildman–Crippen MR) is 76.4 cm³/mol. The topological polar surface area (TPSA) is 106 Å². The van der Waals surface area contributed by atoms with Gasteiger partial charge in [-0.05, 0) is 36.5 Å². The Balaban J connectivity index is 1.71. The van der Waals surface area contributed by atoms with Crippen molar-refractivity contribution in [3.63, 3.8) is 0 Å². The summed E-state index contributed by atoms with van der Waals surface area (Å²) < 4.78 is 4.04. The second-order valence-electron chi connectivity index (χ2n) is 4.59. The van der Waals surface area contributed by atoms with Gasteiger partial charge in [0.25, 0.3) is 5.91 Å². The van der Waals surface area contributed by atoms with Crippen LogP contribution in [0.3, 0.4) is 0 Å². The maximum Gasteiger partial charge on any atom is 0.258 e. The van der Waals surface area contributed by atoms with Gasteiger partial charge >= 0.3 is 0 Å². The summed E-state index contributed by atoms with van der Waals surface area (Å²) in [7, 11) is 0. The molecule has 0 unspecified atom stereocenters. The third-order valence-corrected chi connectivity index (χ3v) is 3.73. The quantitative estimate of drug-likeness (QED) is 0.759. The van der Waals surface area contributed by atoms with Crippen LogP contribution in [0.2, 0.25) is 0 Å². The van der Waals surface area contributed by atoms with E-state index < -0.39 is 0 Å². The largest absolute Gasteiger partial charge is 0.382 e. The van der Waals surface area contributed by atoms with Gasteiger partial charge in [-0.1, -0.05) is 0 Å².